The summed E-state index contributed by atoms with van der Waals surface area (Å²) in [4.78, 5) is 40.7. The molecule has 0 aliphatic heterocycles. The molecule has 3 N–H and O–H groups in total. The molecule has 2 aromatic carbocycles. The molecule has 0 bridgehead atoms. The predicted molar refractivity (Wildman–Crippen MR) is 144 cm³/mol. The minimum Gasteiger partial charge on any atom is -0.497 e. The van der Waals surface area contributed by atoms with Crippen LogP contribution in [0.15, 0.2) is 36.4 Å². The van der Waals surface area contributed by atoms with Crippen molar-refractivity contribution in [3.05, 3.63) is 57.7 Å². The number of aryl methyl sites for hydroxylation is 1. The maximum Gasteiger partial charge on any atom is 0.246 e. The summed E-state index contributed by atoms with van der Waals surface area (Å²) in [6, 6.07) is 9.74. The quantitative estimate of drug-likeness (QED) is 0.249. The van der Waals surface area contributed by atoms with Crippen LogP contribution in [-0.4, -0.2) is 35.7 Å². The lowest BCUT2D eigenvalue weighted by Crippen LogP contribution is -2.44. The molecule has 7 nitrogen and oxygen atoms in total. The van der Waals surface area contributed by atoms with Gasteiger partial charge in [-0.25, -0.2) is 0 Å². The highest BCUT2D eigenvalue weighted by atomic mass is 35.5. The second-order valence-corrected chi connectivity index (χ2v) is 9.67. The van der Waals surface area contributed by atoms with Crippen LogP contribution in [0.25, 0.3) is 10.9 Å². The number of benzene rings is 2. The predicted octanol–water partition coefficient (Wildman–Crippen LogP) is 6.00. The number of fused-ring (bicyclic) bond motifs is 1. The zero-order chi connectivity index (χ0) is 26.2. The van der Waals surface area contributed by atoms with Crippen LogP contribution in [0.5, 0.6) is 5.75 Å². The Balaban J connectivity index is 1.72. The van der Waals surface area contributed by atoms with Crippen molar-refractivity contribution >= 4 is 57.4 Å². The van der Waals surface area contributed by atoms with Crippen molar-refractivity contribution in [2.75, 3.05) is 12.4 Å². The Kier molecular flexibility index (Phi) is 9.79. The van der Waals surface area contributed by atoms with Gasteiger partial charge in [0.2, 0.25) is 11.8 Å². The smallest absolute Gasteiger partial charge is 0.246 e. The number of rotatable bonds is 12. The molecule has 0 saturated carbocycles. The molecule has 1 atom stereocenters. The number of nitrogens with one attached hydrogen (secondary N) is 3. The van der Waals surface area contributed by atoms with Gasteiger partial charge in [-0.05, 0) is 68.7 Å². The van der Waals surface area contributed by atoms with Crippen LogP contribution >= 0.6 is 23.2 Å². The monoisotopic (exact) mass is 531 g/mol. The highest BCUT2D eigenvalue weighted by Crippen LogP contribution is 2.27. The van der Waals surface area contributed by atoms with Gasteiger partial charge in [0.1, 0.15) is 17.6 Å². The number of anilines is 1. The van der Waals surface area contributed by atoms with Crippen molar-refractivity contribution in [3.8, 4) is 5.75 Å². The molecule has 192 valence electrons. The largest absolute Gasteiger partial charge is 0.497 e. The Hall–Kier alpha value is -3.03. The summed E-state index contributed by atoms with van der Waals surface area (Å²) in [5, 5.41) is 7.33. The van der Waals surface area contributed by atoms with Crippen molar-refractivity contribution in [2.24, 2.45) is 0 Å². The minimum atomic E-state index is -0.746. The number of methoxy groups -OCH3 is 1. The first-order valence-corrected chi connectivity index (χ1v) is 12.6. The van der Waals surface area contributed by atoms with E-state index in [0.29, 0.717) is 40.7 Å². The summed E-state index contributed by atoms with van der Waals surface area (Å²) in [7, 11) is 1.60. The molecule has 0 spiro atoms. The Labute approximate surface area is 220 Å². The molecule has 36 heavy (non-hydrogen) atoms. The molecule has 1 heterocycles. The van der Waals surface area contributed by atoms with Gasteiger partial charge in [-0.1, -0.05) is 36.0 Å². The van der Waals surface area contributed by atoms with E-state index >= 15 is 0 Å². The summed E-state index contributed by atoms with van der Waals surface area (Å²) in [5.74, 6) is 0.237. The average Bonchev–Trinajstić information content (AvgIpc) is 3.14. The van der Waals surface area contributed by atoms with Gasteiger partial charge < -0.3 is 25.1 Å². The van der Waals surface area contributed by atoms with Crippen LogP contribution in [0.4, 0.5) is 5.69 Å². The maximum absolute atomic E-state index is 13.1. The van der Waals surface area contributed by atoms with Crippen molar-refractivity contribution in [1.82, 2.24) is 10.3 Å². The lowest BCUT2D eigenvalue weighted by Gasteiger charge is -2.19. The van der Waals surface area contributed by atoms with E-state index in [1.807, 2.05) is 25.1 Å². The highest BCUT2D eigenvalue weighted by Gasteiger charge is 2.22. The third kappa shape index (κ3) is 7.48. The molecule has 0 aliphatic carbocycles. The highest BCUT2D eigenvalue weighted by molar-refractivity contribution is 6.42. The summed E-state index contributed by atoms with van der Waals surface area (Å²) in [6.07, 6.45) is 3.29. The Morgan fingerprint density at radius 3 is 2.50 bits per heavy atom. The van der Waals surface area contributed by atoms with Crippen LogP contribution < -0.4 is 15.4 Å². The molecule has 2 amide bonds. The fourth-order valence-electron chi connectivity index (χ4n) is 4.09. The zero-order valence-corrected chi connectivity index (χ0v) is 22.2. The average molecular weight is 532 g/mol. The first-order valence-electron chi connectivity index (χ1n) is 11.9. The number of carbonyl (C=O) groups is 3. The number of aromatic nitrogens is 1. The van der Waals surface area contributed by atoms with Crippen molar-refractivity contribution in [1.29, 1.82) is 0 Å². The van der Waals surface area contributed by atoms with Gasteiger partial charge in [0.25, 0.3) is 0 Å². The second-order valence-electron chi connectivity index (χ2n) is 8.86. The maximum atomic E-state index is 13.1. The molecule has 9 heteroatoms. The van der Waals surface area contributed by atoms with Crippen molar-refractivity contribution < 1.29 is 19.1 Å². The number of carbonyl (C=O) groups excluding carboxylic acids is 3. The van der Waals surface area contributed by atoms with Gasteiger partial charge in [0, 0.05) is 28.7 Å². The lowest BCUT2D eigenvalue weighted by atomic mass is 10.0. The molecule has 0 unspecified atom stereocenters. The van der Waals surface area contributed by atoms with Crippen LogP contribution in [-0.2, 0) is 20.8 Å². The number of ether oxygens (including phenoxy) is 1. The normalized spacial score (nSPS) is 11.8. The number of amides is 2. The first kappa shape index (κ1) is 27.6. The van der Waals surface area contributed by atoms with E-state index in [2.05, 4.69) is 15.6 Å². The molecular weight excluding hydrogens is 501 g/mol. The van der Waals surface area contributed by atoms with E-state index in [1.165, 1.54) is 0 Å². The van der Waals surface area contributed by atoms with Crippen molar-refractivity contribution in [2.45, 2.75) is 58.4 Å². The standard InChI is InChI=1S/C27H31Cl2N3O4/c1-16(33)7-5-4-6-8-25(27(35)31-18-9-11-22(28)23(29)13-18)32-26(34)15-20-17(2)30-24-12-10-19(36-3)14-21(20)24/h9-14,25,30H,4-8,15H2,1-3H3,(H,31,35)(H,32,34)/t25-/m0/s1. The number of Topliss-reactive ketones (excluding diaryl/α,β-unsaturated/α-hetero) is 1. The van der Waals surface area contributed by atoms with Gasteiger partial charge in [0.05, 0.1) is 23.6 Å². The molecule has 3 aromatic rings. The lowest BCUT2D eigenvalue weighted by molar-refractivity contribution is -0.126. The molecule has 0 aliphatic rings. The number of H-pyrrole nitrogens is 1. The molecular formula is C27H31Cl2N3O4. The van der Waals surface area contributed by atoms with Crippen LogP contribution in [0, 0.1) is 6.92 Å². The SMILES string of the molecule is COc1ccc2[nH]c(C)c(CC(=O)N[C@@H](CCCCCC(C)=O)C(=O)Nc3ccc(Cl)c(Cl)c3)c2c1. The third-order valence-corrected chi connectivity index (χ3v) is 6.76. The number of hydrogen-bond donors (Lipinski definition) is 3. The Morgan fingerprint density at radius 1 is 1.03 bits per heavy atom. The summed E-state index contributed by atoms with van der Waals surface area (Å²) in [6.45, 7) is 3.48. The second kappa shape index (κ2) is 12.8. The van der Waals surface area contributed by atoms with E-state index in [1.54, 1.807) is 32.2 Å². The Bertz CT molecular complexity index is 1260. The number of halogens is 2. The third-order valence-electron chi connectivity index (χ3n) is 6.02. The first-order chi connectivity index (χ1) is 17.2. The fraction of sp³-hybridized carbons (Fsp3) is 0.370. The minimum absolute atomic E-state index is 0.111. The summed E-state index contributed by atoms with van der Waals surface area (Å²) in [5.41, 5.74) is 3.14. The molecule has 0 saturated heterocycles. The van der Waals surface area contributed by atoms with Gasteiger partial charge in [-0.15, -0.1) is 0 Å². The van der Waals surface area contributed by atoms with Crippen LogP contribution in [0.2, 0.25) is 10.0 Å². The van der Waals surface area contributed by atoms with Crippen LogP contribution in [0.1, 0.15) is 50.3 Å². The summed E-state index contributed by atoms with van der Waals surface area (Å²) >= 11 is 12.1. The van der Waals surface area contributed by atoms with E-state index in [0.717, 1.165) is 35.0 Å². The van der Waals surface area contributed by atoms with Gasteiger partial charge >= 0.3 is 0 Å². The van der Waals surface area contributed by atoms with E-state index < -0.39 is 6.04 Å². The summed E-state index contributed by atoms with van der Waals surface area (Å²) < 4.78 is 5.33. The number of aromatic amines is 1. The molecule has 3 rings (SSSR count). The molecule has 0 fully saturated rings. The number of hydrogen-bond acceptors (Lipinski definition) is 4. The molecule has 1 aromatic heterocycles. The Morgan fingerprint density at radius 2 is 1.81 bits per heavy atom. The van der Waals surface area contributed by atoms with Gasteiger partial charge in [0.15, 0.2) is 0 Å². The molecule has 0 radical (unpaired) electrons. The fourth-order valence-corrected chi connectivity index (χ4v) is 4.39. The zero-order valence-electron chi connectivity index (χ0n) is 20.7. The van der Waals surface area contributed by atoms with E-state index in [-0.39, 0.29) is 24.0 Å². The van der Waals surface area contributed by atoms with E-state index in [4.69, 9.17) is 27.9 Å². The van der Waals surface area contributed by atoms with Gasteiger partial charge in [-0.3, -0.25) is 9.59 Å². The number of ketones is 1. The number of unbranched alkanes of at least 4 members (excludes halogenated alkanes) is 2. The van der Waals surface area contributed by atoms with Crippen LogP contribution in [0.3, 0.4) is 0 Å². The van der Waals surface area contributed by atoms with Crippen molar-refractivity contribution in [3.63, 3.8) is 0 Å². The topological polar surface area (TPSA) is 100 Å². The van der Waals surface area contributed by atoms with E-state index in [9.17, 15) is 14.4 Å². The van der Waals surface area contributed by atoms with Gasteiger partial charge in [-0.2, -0.15) is 0 Å².